The number of benzene rings is 1. The van der Waals surface area contributed by atoms with Crippen LogP contribution >= 0.6 is 0 Å². The fraction of sp³-hybridized carbons (Fsp3) is 0.300. The van der Waals surface area contributed by atoms with Gasteiger partial charge in [-0.2, -0.15) is 13.2 Å². The number of nitrogens with one attached hydrogen (secondary N) is 1. The smallest absolute Gasteiger partial charge is 0.416 e. The van der Waals surface area contributed by atoms with Crippen molar-refractivity contribution in [3.05, 3.63) is 29.3 Å². The minimum Gasteiger partial charge on any atom is -0.465 e. The van der Waals surface area contributed by atoms with Gasteiger partial charge in [0.15, 0.2) is 0 Å². The Balaban J connectivity index is 3.27. The number of esters is 1. The Morgan fingerprint density at radius 2 is 2.00 bits per heavy atom. The fourth-order valence-corrected chi connectivity index (χ4v) is 1.22. The normalized spacial score (nSPS) is 11.1. The molecule has 0 unspecified atom stereocenters. The van der Waals surface area contributed by atoms with Crippen LogP contribution in [0.3, 0.4) is 0 Å². The molecule has 0 amide bonds. The maximum atomic E-state index is 12.4. The largest absolute Gasteiger partial charge is 0.465 e. The summed E-state index contributed by atoms with van der Waals surface area (Å²) >= 11 is 0. The first-order chi connectivity index (χ1) is 7.40. The third-order valence-corrected chi connectivity index (χ3v) is 2.02. The molecule has 1 aromatic carbocycles. The van der Waals surface area contributed by atoms with Crippen LogP contribution in [-0.4, -0.2) is 20.1 Å². The van der Waals surface area contributed by atoms with Gasteiger partial charge in [0.2, 0.25) is 0 Å². The van der Waals surface area contributed by atoms with Crippen molar-refractivity contribution in [1.29, 1.82) is 0 Å². The van der Waals surface area contributed by atoms with Crippen LogP contribution in [0, 0.1) is 0 Å². The first kappa shape index (κ1) is 12.4. The molecule has 0 spiro atoms. The van der Waals surface area contributed by atoms with E-state index in [0.717, 1.165) is 19.2 Å². The number of alkyl halides is 3. The lowest BCUT2D eigenvalue weighted by atomic mass is 10.1. The molecule has 88 valence electrons. The Hall–Kier alpha value is -1.72. The molecule has 0 radical (unpaired) electrons. The molecule has 3 nitrogen and oxygen atoms in total. The highest BCUT2D eigenvalue weighted by Crippen LogP contribution is 2.31. The van der Waals surface area contributed by atoms with E-state index in [2.05, 4.69) is 10.1 Å². The standard InChI is InChI=1S/C10H10F3NO2/c1-14-8-4-3-6(10(11,12)13)5-7(8)9(15)16-2/h3-5,14H,1-2H3. The number of ether oxygens (including phenoxy) is 1. The van der Waals surface area contributed by atoms with E-state index in [0.29, 0.717) is 5.69 Å². The molecular weight excluding hydrogens is 223 g/mol. The molecule has 0 aromatic heterocycles. The molecule has 1 N–H and O–H groups in total. The molecule has 0 heterocycles. The number of rotatable bonds is 2. The zero-order valence-electron chi connectivity index (χ0n) is 8.68. The molecule has 0 saturated carbocycles. The highest BCUT2D eigenvalue weighted by atomic mass is 19.4. The van der Waals surface area contributed by atoms with Crippen LogP contribution in [0.1, 0.15) is 15.9 Å². The van der Waals surface area contributed by atoms with Gasteiger partial charge in [-0.05, 0) is 18.2 Å². The van der Waals surface area contributed by atoms with Crippen molar-refractivity contribution in [2.24, 2.45) is 0 Å². The van der Waals surface area contributed by atoms with Crippen LogP contribution in [0.15, 0.2) is 18.2 Å². The first-order valence-corrected chi connectivity index (χ1v) is 4.37. The minimum atomic E-state index is -4.48. The number of hydrogen-bond donors (Lipinski definition) is 1. The van der Waals surface area contributed by atoms with Crippen molar-refractivity contribution >= 4 is 11.7 Å². The van der Waals surface area contributed by atoms with E-state index in [4.69, 9.17) is 0 Å². The van der Waals surface area contributed by atoms with Gasteiger partial charge in [0.25, 0.3) is 0 Å². The first-order valence-electron chi connectivity index (χ1n) is 4.37. The molecule has 0 bridgehead atoms. The van der Waals surface area contributed by atoms with Crippen LogP contribution < -0.4 is 5.32 Å². The van der Waals surface area contributed by atoms with Gasteiger partial charge >= 0.3 is 12.1 Å². The second-order valence-corrected chi connectivity index (χ2v) is 3.00. The molecule has 6 heteroatoms. The number of carbonyl (C=O) groups is 1. The lowest BCUT2D eigenvalue weighted by molar-refractivity contribution is -0.137. The molecule has 0 aliphatic rings. The molecule has 1 aromatic rings. The van der Waals surface area contributed by atoms with Crippen molar-refractivity contribution in [3.63, 3.8) is 0 Å². The van der Waals surface area contributed by atoms with Crippen LogP contribution in [-0.2, 0) is 10.9 Å². The van der Waals surface area contributed by atoms with E-state index >= 15 is 0 Å². The van der Waals surface area contributed by atoms with Crippen molar-refractivity contribution in [1.82, 2.24) is 0 Å². The maximum absolute atomic E-state index is 12.4. The summed E-state index contributed by atoms with van der Waals surface area (Å²) in [5.74, 6) is -0.810. The third-order valence-electron chi connectivity index (χ3n) is 2.02. The molecule has 0 atom stereocenters. The Kier molecular flexibility index (Phi) is 3.41. The average molecular weight is 233 g/mol. The number of methoxy groups -OCH3 is 1. The van der Waals surface area contributed by atoms with Crippen molar-refractivity contribution in [3.8, 4) is 0 Å². The van der Waals surface area contributed by atoms with Gasteiger partial charge in [-0.25, -0.2) is 4.79 Å². The number of hydrogen-bond acceptors (Lipinski definition) is 3. The number of anilines is 1. The lowest BCUT2D eigenvalue weighted by Crippen LogP contribution is -2.10. The minimum absolute atomic E-state index is 0.139. The number of carbonyl (C=O) groups excluding carboxylic acids is 1. The lowest BCUT2D eigenvalue weighted by Gasteiger charge is -2.11. The van der Waals surface area contributed by atoms with E-state index in [1.807, 2.05) is 0 Å². The van der Waals surface area contributed by atoms with Crippen LogP contribution in [0.5, 0.6) is 0 Å². The highest BCUT2D eigenvalue weighted by Gasteiger charge is 2.31. The molecule has 0 aliphatic heterocycles. The average Bonchev–Trinajstić information content (AvgIpc) is 2.25. The third kappa shape index (κ3) is 2.44. The summed E-state index contributed by atoms with van der Waals surface area (Å²) in [6, 6.07) is 2.85. The van der Waals surface area contributed by atoms with Crippen LogP contribution in [0.25, 0.3) is 0 Å². The van der Waals surface area contributed by atoms with E-state index in [1.54, 1.807) is 0 Å². The topological polar surface area (TPSA) is 38.3 Å². The van der Waals surface area contributed by atoms with Gasteiger partial charge < -0.3 is 10.1 Å². The monoisotopic (exact) mass is 233 g/mol. The van der Waals surface area contributed by atoms with Crippen molar-refractivity contribution in [2.45, 2.75) is 6.18 Å². The second-order valence-electron chi connectivity index (χ2n) is 3.00. The van der Waals surface area contributed by atoms with Gasteiger partial charge in [-0.15, -0.1) is 0 Å². The molecule has 0 saturated heterocycles. The van der Waals surface area contributed by atoms with E-state index in [-0.39, 0.29) is 5.56 Å². The van der Waals surface area contributed by atoms with Crippen molar-refractivity contribution < 1.29 is 22.7 Å². The summed E-state index contributed by atoms with van der Waals surface area (Å²) in [7, 11) is 2.62. The number of halogens is 3. The summed E-state index contributed by atoms with van der Waals surface area (Å²) in [5, 5.41) is 2.62. The van der Waals surface area contributed by atoms with Gasteiger partial charge in [0.05, 0.1) is 18.2 Å². The van der Waals surface area contributed by atoms with Gasteiger partial charge in [0, 0.05) is 12.7 Å². The predicted octanol–water partition coefficient (Wildman–Crippen LogP) is 2.53. The SMILES string of the molecule is CNc1ccc(C(F)(F)F)cc1C(=O)OC. The Morgan fingerprint density at radius 3 is 2.44 bits per heavy atom. The molecular formula is C10H10F3NO2. The molecule has 0 fully saturated rings. The maximum Gasteiger partial charge on any atom is 0.416 e. The predicted molar refractivity (Wildman–Crippen MR) is 52.3 cm³/mol. The quantitative estimate of drug-likeness (QED) is 0.798. The van der Waals surface area contributed by atoms with E-state index < -0.39 is 17.7 Å². The van der Waals surface area contributed by atoms with E-state index in [1.165, 1.54) is 13.1 Å². The van der Waals surface area contributed by atoms with Crippen LogP contribution in [0.4, 0.5) is 18.9 Å². The summed E-state index contributed by atoms with van der Waals surface area (Å²) < 4.78 is 41.6. The van der Waals surface area contributed by atoms with Gasteiger partial charge in [-0.3, -0.25) is 0 Å². The van der Waals surface area contributed by atoms with Gasteiger partial charge in [-0.1, -0.05) is 0 Å². The highest BCUT2D eigenvalue weighted by molar-refractivity contribution is 5.95. The Bertz CT molecular complexity index is 402. The zero-order chi connectivity index (χ0) is 12.3. The summed E-state index contributed by atoms with van der Waals surface area (Å²) in [5.41, 5.74) is -0.730. The van der Waals surface area contributed by atoms with Crippen LogP contribution in [0.2, 0.25) is 0 Å². The van der Waals surface area contributed by atoms with E-state index in [9.17, 15) is 18.0 Å². The molecule has 1 rings (SSSR count). The summed E-state index contributed by atoms with van der Waals surface area (Å²) in [6.07, 6.45) is -4.48. The summed E-state index contributed by atoms with van der Waals surface area (Å²) in [4.78, 5) is 11.2. The fourth-order valence-electron chi connectivity index (χ4n) is 1.22. The summed E-state index contributed by atoms with van der Waals surface area (Å²) in [6.45, 7) is 0. The molecule has 16 heavy (non-hydrogen) atoms. The van der Waals surface area contributed by atoms with Gasteiger partial charge in [0.1, 0.15) is 0 Å². The Morgan fingerprint density at radius 1 is 1.38 bits per heavy atom. The van der Waals surface area contributed by atoms with Crippen molar-refractivity contribution in [2.75, 3.05) is 19.5 Å². The molecule has 0 aliphatic carbocycles. The second kappa shape index (κ2) is 4.42. The Labute approximate surface area is 90.2 Å². The zero-order valence-corrected chi connectivity index (χ0v) is 8.68.